The Morgan fingerprint density at radius 2 is 1.58 bits per heavy atom. The van der Waals surface area contributed by atoms with Gasteiger partial charge in [0.15, 0.2) is 0 Å². The molecule has 3 rings (SSSR count). The van der Waals surface area contributed by atoms with Crippen molar-refractivity contribution < 1.29 is 13.2 Å². The SMILES string of the molecule is FC(F)(F)c1ccc2c(c1)C(=S)c1ccccc1C2. The largest absolute Gasteiger partial charge is 0.416 e. The normalized spacial score (nSPS) is 13.9. The summed E-state index contributed by atoms with van der Waals surface area (Å²) in [5.41, 5.74) is 2.68. The number of fused-ring (bicyclic) bond motifs is 2. The Balaban J connectivity index is 2.14. The van der Waals surface area contributed by atoms with E-state index in [1.165, 1.54) is 6.07 Å². The van der Waals surface area contributed by atoms with Gasteiger partial charge in [-0.25, -0.2) is 0 Å². The quantitative estimate of drug-likeness (QED) is 0.550. The lowest BCUT2D eigenvalue weighted by molar-refractivity contribution is -0.137. The van der Waals surface area contributed by atoms with Gasteiger partial charge in [-0.2, -0.15) is 13.2 Å². The highest BCUT2D eigenvalue weighted by Gasteiger charge is 2.32. The molecule has 0 fully saturated rings. The zero-order valence-corrected chi connectivity index (χ0v) is 10.6. The molecule has 0 radical (unpaired) electrons. The van der Waals surface area contributed by atoms with Crippen LogP contribution in [0.25, 0.3) is 0 Å². The van der Waals surface area contributed by atoms with Crippen LogP contribution in [0.1, 0.15) is 27.8 Å². The molecule has 0 saturated carbocycles. The molecule has 2 aromatic rings. The van der Waals surface area contributed by atoms with E-state index >= 15 is 0 Å². The van der Waals surface area contributed by atoms with E-state index in [1.54, 1.807) is 0 Å². The van der Waals surface area contributed by atoms with Crippen LogP contribution in [0.5, 0.6) is 0 Å². The van der Waals surface area contributed by atoms with E-state index in [4.69, 9.17) is 12.2 Å². The van der Waals surface area contributed by atoms with Gasteiger partial charge in [0.2, 0.25) is 0 Å². The summed E-state index contributed by atoms with van der Waals surface area (Å²) in [6, 6.07) is 11.4. The Labute approximate surface area is 113 Å². The van der Waals surface area contributed by atoms with Crippen molar-refractivity contribution in [2.75, 3.05) is 0 Å². The summed E-state index contributed by atoms with van der Waals surface area (Å²) in [6.07, 6.45) is -3.70. The lowest BCUT2D eigenvalue weighted by atomic mass is 9.85. The fourth-order valence-electron chi connectivity index (χ4n) is 2.36. The van der Waals surface area contributed by atoms with Crippen LogP contribution in [0.4, 0.5) is 13.2 Å². The lowest BCUT2D eigenvalue weighted by Crippen LogP contribution is -2.16. The molecule has 0 atom stereocenters. The summed E-state index contributed by atoms with van der Waals surface area (Å²) in [5, 5.41) is 0. The third-order valence-corrected chi connectivity index (χ3v) is 3.76. The van der Waals surface area contributed by atoms with Crippen LogP contribution >= 0.6 is 12.2 Å². The summed E-state index contributed by atoms with van der Waals surface area (Å²) in [7, 11) is 0. The average Bonchev–Trinajstić information content (AvgIpc) is 2.37. The first-order valence-corrected chi connectivity index (χ1v) is 6.20. The standard InChI is InChI=1S/C15H9F3S/c16-15(17,18)11-6-5-10-7-9-3-1-2-4-12(9)14(19)13(10)8-11/h1-6,8H,7H2. The maximum absolute atomic E-state index is 12.7. The molecule has 1 aliphatic rings. The predicted molar refractivity (Wildman–Crippen MR) is 71.5 cm³/mol. The van der Waals surface area contributed by atoms with Gasteiger partial charge in [0, 0.05) is 0 Å². The summed E-state index contributed by atoms with van der Waals surface area (Å²) in [5.74, 6) is 0. The van der Waals surface area contributed by atoms with E-state index in [-0.39, 0.29) is 0 Å². The van der Waals surface area contributed by atoms with E-state index in [2.05, 4.69) is 0 Å². The fraction of sp³-hybridized carbons (Fsp3) is 0.133. The van der Waals surface area contributed by atoms with Gasteiger partial charge in [-0.05, 0) is 40.8 Å². The van der Waals surface area contributed by atoms with E-state index in [9.17, 15) is 13.2 Å². The third kappa shape index (κ3) is 2.06. The second kappa shape index (κ2) is 4.17. The Morgan fingerprint density at radius 1 is 0.895 bits per heavy atom. The molecule has 0 spiro atoms. The Morgan fingerprint density at radius 3 is 2.32 bits per heavy atom. The monoisotopic (exact) mass is 278 g/mol. The molecule has 1 aliphatic carbocycles. The van der Waals surface area contributed by atoms with E-state index < -0.39 is 11.7 Å². The number of hydrogen-bond acceptors (Lipinski definition) is 1. The predicted octanol–water partition coefficient (Wildman–Crippen LogP) is 4.38. The highest BCUT2D eigenvalue weighted by atomic mass is 32.1. The Bertz CT molecular complexity index is 671. The molecule has 0 bridgehead atoms. The maximum Gasteiger partial charge on any atom is 0.416 e. The molecule has 0 unspecified atom stereocenters. The number of alkyl halides is 3. The van der Waals surface area contributed by atoms with Crippen molar-refractivity contribution in [3.05, 3.63) is 70.3 Å². The fourth-order valence-corrected chi connectivity index (χ4v) is 2.75. The van der Waals surface area contributed by atoms with Crippen LogP contribution in [0.2, 0.25) is 0 Å². The number of benzene rings is 2. The van der Waals surface area contributed by atoms with Crippen LogP contribution < -0.4 is 0 Å². The van der Waals surface area contributed by atoms with E-state index in [1.807, 2.05) is 24.3 Å². The second-order valence-corrected chi connectivity index (χ2v) is 4.94. The second-order valence-electron chi connectivity index (χ2n) is 4.53. The van der Waals surface area contributed by atoms with Gasteiger partial charge in [0.25, 0.3) is 0 Å². The van der Waals surface area contributed by atoms with Gasteiger partial charge < -0.3 is 0 Å². The molecule has 0 aromatic heterocycles. The summed E-state index contributed by atoms with van der Waals surface area (Å²) < 4.78 is 38.2. The number of halogens is 3. The minimum Gasteiger partial charge on any atom is -0.166 e. The molecular weight excluding hydrogens is 269 g/mol. The van der Waals surface area contributed by atoms with Crippen molar-refractivity contribution in [3.8, 4) is 0 Å². The first-order chi connectivity index (χ1) is 8.97. The molecule has 0 N–H and O–H groups in total. The van der Waals surface area contributed by atoms with Gasteiger partial charge in [-0.3, -0.25) is 0 Å². The summed E-state index contributed by atoms with van der Waals surface area (Å²) in [4.78, 5) is 0.503. The minimum absolute atomic E-state index is 0.503. The Kier molecular flexibility index (Phi) is 2.71. The van der Waals surface area contributed by atoms with Gasteiger partial charge in [0.05, 0.1) is 10.4 Å². The molecule has 96 valence electrons. The molecule has 19 heavy (non-hydrogen) atoms. The van der Waals surface area contributed by atoms with Crippen molar-refractivity contribution in [1.82, 2.24) is 0 Å². The molecule has 0 heterocycles. The third-order valence-electron chi connectivity index (χ3n) is 3.32. The van der Waals surface area contributed by atoms with Crippen LogP contribution in [0.15, 0.2) is 42.5 Å². The highest BCUT2D eigenvalue weighted by molar-refractivity contribution is 7.81. The van der Waals surface area contributed by atoms with Crippen molar-refractivity contribution in [2.24, 2.45) is 0 Å². The van der Waals surface area contributed by atoms with Crippen molar-refractivity contribution in [1.29, 1.82) is 0 Å². The highest BCUT2D eigenvalue weighted by Crippen LogP contribution is 2.34. The van der Waals surface area contributed by atoms with Gasteiger partial charge >= 0.3 is 6.18 Å². The molecule has 2 aromatic carbocycles. The Hall–Kier alpha value is -1.68. The molecule has 0 nitrogen and oxygen atoms in total. The van der Waals surface area contributed by atoms with Gasteiger partial charge in [-0.15, -0.1) is 0 Å². The summed E-state index contributed by atoms with van der Waals surface area (Å²) in [6.45, 7) is 0. The van der Waals surface area contributed by atoms with Crippen LogP contribution in [-0.4, -0.2) is 4.86 Å². The van der Waals surface area contributed by atoms with E-state index in [0.717, 1.165) is 28.8 Å². The number of rotatable bonds is 0. The average molecular weight is 278 g/mol. The topological polar surface area (TPSA) is 0 Å². The van der Waals surface area contributed by atoms with Crippen molar-refractivity contribution in [2.45, 2.75) is 12.6 Å². The summed E-state index contributed by atoms with van der Waals surface area (Å²) >= 11 is 5.33. The van der Waals surface area contributed by atoms with Crippen molar-refractivity contribution in [3.63, 3.8) is 0 Å². The first kappa shape index (κ1) is 12.4. The zero-order chi connectivity index (χ0) is 13.6. The minimum atomic E-state index is -4.33. The van der Waals surface area contributed by atoms with E-state index in [0.29, 0.717) is 16.8 Å². The lowest BCUT2D eigenvalue weighted by Gasteiger charge is -2.21. The molecule has 0 amide bonds. The van der Waals surface area contributed by atoms with Crippen LogP contribution in [-0.2, 0) is 12.6 Å². The molecule has 4 heteroatoms. The number of thiocarbonyl (C=S) groups is 1. The van der Waals surface area contributed by atoms with Crippen LogP contribution in [0.3, 0.4) is 0 Å². The molecule has 0 aliphatic heterocycles. The smallest absolute Gasteiger partial charge is 0.166 e. The molecule has 0 saturated heterocycles. The first-order valence-electron chi connectivity index (χ1n) is 5.79. The maximum atomic E-state index is 12.7. The molecular formula is C15H9F3S. The van der Waals surface area contributed by atoms with Gasteiger partial charge in [0.1, 0.15) is 0 Å². The van der Waals surface area contributed by atoms with Crippen LogP contribution in [0, 0.1) is 0 Å². The number of hydrogen-bond donors (Lipinski definition) is 0. The van der Waals surface area contributed by atoms with Gasteiger partial charge in [-0.1, -0.05) is 42.5 Å². The van der Waals surface area contributed by atoms with Crippen molar-refractivity contribution >= 4 is 17.1 Å². The zero-order valence-electron chi connectivity index (χ0n) is 9.79.